The SMILES string of the molecule is COc1cc(C2(C)SCCCS2)ccc1OC(C)=O. The van der Waals surface area contributed by atoms with Gasteiger partial charge < -0.3 is 9.47 Å². The molecule has 0 unspecified atom stereocenters. The molecule has 5 heteroatoms. The zero-order chi connectivity index (χ0) is 13.9. The van der Waals surface area contributed by atoms with E-state index in [1.807, 2.05) is 41.7 Å². The number of carbonyl (C=O) groups excluding carboxylic acids is 1. The van der Waals surface area contributed by atoms with Gasteiger partial charge in [-0.1, -0.05) is 6.07 Å². The van der Waals surface area contributed by atoms with Crippen molar-refractivity contribution in [2.45, 2.75) is 24.3 Å². The first-order valence-corrected chi connectivity index (χ1v) is 8.17. The lowest BCUT2D eigenvalue weighted by molar-refractivity contribution is -0.132. The molecule has 0 saturated carbocycles. The first kappa shape index (κ1) is 14.6. The highest BCUT2D eigenvalue weighted by atomic mass is 32.2. The van der Waals surface area contributed by atoms with E-state index in [1.54, 1.807) is 7.11 Å². The van der Waals surface area contributed by atoms with Crippen molar-refractivity contribution < 1.29 is 14.3 Å². The van der Waals surface area contributed by atoms with Gasteiger partial charge in [0.2, 0.25) is 0 Å². The Morgan fingerprint density at radius 1 is 1.26 bits per heavy atom. The van der Waals surface area contributed by atoms with Crippen LogP contribution in [-0.2, 0) is 8.87 Å². The second kappa shape index (κ2) is 6.09. The van der Waals surface area contributed by atoms with Crippen molar-refractivity contribution in [3.8, 4) is 11.5 Å². The lowest BCUT2D eigenvalue weighted by Crippen LogP contribution is -2.18. The van der Waals surface area contributed by atoms with E-state index in [0.717, 1.165) is 0 Å². The normalized spacial score (nSPS) is 17.8. The summed E-state index contributed by atoms with van der Waals surface area (Å²) in [5.41, 5.74) is 1.20. The standard InChI is InChI=1S/C14H18O3S2/c1-10(15)17-12-6-5-11(9-13(12)16-3)14(2)18-7-4-8-19-14/h5-6,9H,4,7-8H2,1-3H3. The fourth-order valence-corrected chi connectivity index (χ4v) is 4.95. The van der Waals surface area contributed by atoms with Gasteiger partial charge in [0.25, 0.3) is 0 Å². The number of benzene rings is 1. The first-order chi connectivity index (χ1) is 9.05. The van der Waals surface area contributed by atoms with Gasteiger partial charge in [-0.05, 0) is 42.5 Å². The van der Waals surface area contributed by atoms with E-state index >= 15 is 0 Å². The van der Waals surface area contributed by atoms with Crippen LogP contribution in [-0.4, -0.2) is 24.6 Å². The summed E-state index contributed by atoms with van der Waals surface area (Å²) in [6.45, 7) is 3.63. The fraction of sp³-hybridized carbons (Fsp3) is 0.500. The van der Waals surface area contributed by atoms with Crippen LogP contribution in [0.25, 0.3) is 0 Å². The summed E-state index contributed by atoms with van der Waals surface area (Å²) in [4.78, 5) is 11.0. The molecule has 0 spiro atoms. The summed E-state index contributed by atoms with van der Waals surface area (Å²) in [6.07, 6.45) is 1.26. The predicted octanol–water partition coefficient (Wildman–Crippen LogP) is 3.66. The molecule has 2 rings (SSSR count). The smallest absolute Gasteiger partial charge is 0.308 e. The predicted molar refractivity (Wildman–Crippen MR) is 81.2 cm³/mol. The van der Waals surface area contributed by atoms with Crippen molar-refractivity contribution in [3.05, 3.63) is 23.8 Å². The molecule has 3 nitrogen and oxygen atoms in total. The number of hydrogen-bond donors (Lipinski definition) is 0. The topological polar surface area (TPSA) is 35.5 Å². The van der Waals surface area contributed by atoms with Crippen LogP contribution in [0.2, 0.25) is 0 Å². The minimum atomic E-state index is -0.335. The fourth-order valence-electron chi connectivity index (χ4n) is 1.99. The van der Waals surface area contributed by atoms with E-state index in [2.05, 4.69) is 6.92 Å². The molecule has 1 fully saturated rings. The lowest BCUT2D eigenvalue weighted by Gasteiger charge is -2.33. The molecule has 1 aromatic rings. The minimum Gasteiger partial charge on any atom is -0.493 e. The number of esters is 1. The lowest BCUT2D eigenvalue weighted by atomic mass is 10.1. The summed E-state index contributed by atoms with van der Waals surface area (Å²) in [5, 5.41) is 0. The molecule has 0 amide bonds. The molecule has 0 radical (unpaired) electrons. The van der Waals surface area contributed by atoms with Gasteiger partial charge in [-0.15, -0.1) is 23.5 Å². The Labute approximate surface area is 122 Å². The van der Waals surface area contributed by atoms with E-state index in [-0.39, 0.29) is 10.0 Å². The average Bonchev–Trinajstić information content (AvgIpc) is 2.39. The zero-order valence-corrected chi connectivity index (χ0v) is 13.0. The third-order valence-electron chi connectivity index (χ3n) is 2.99. The van der Waals surface area contributed by atoms with Crippen molar-refractivity contribution in [1.82, 2.24) is 0 Å². The Hall–Kier alpha value is -0.810. The first-order valence-electron chi connectivity index (χ1n) is 6.20. The number of rotatable bonds is 3. The Kier molecular flexibility index (Phi) is 4.68. The van der Waals surface area contributed by atoms with Crippen molar-refractivity contribution in [2.75, 3.05) is 18.6 Å². The third-order valence-corrected chi connectivity index (χ3v) is 6.25. The molecule has 0 bridgehead atoms. The van der Waals surface area contributed by atoms with Gasteiger partial charge in [-0.2, -0.15) is 0 Å². The maximum absolute atomic E-state index is 11.0. The maximum Gasteiger partial charge on any atom is 0.308 e. The molecule has 1 aliphatic rings. The van der Waals surface area contributed by atoms with Crippen LogP contribution in [0.1, 0.15) is 25.8 Å². The van der Waals surface area contributed by atoms with E-state index in [9.17, 15) is 4.79 Å². The average molecular weight is 298 g/mol. The molecule has 0 N–H and O–H groups in total. The Morgan fingerprint density at radius 3 is 2.53 bits per heavy atom. The van der Waals surface area contributed by atoms with E-state index < -0.39 is 0 Å². The Morgan fingerprint density at radius 2 is 1.95 bits per heavy atom. The van der Waals surface area contributed by atoms with Gasteiger partial charge in [-0.25, -0.2) is 0 Å². The van der Waals surface area contributed by atoms with Gasteiger partial charge >= 0.3 is 5.97 Å². The van der Waals surface area contributed by atoms with Crippen molar-refractivity contribution in [1.29, 1.82) is 0 Å². The van der Waals surface area contributed by atoms with Crippen molar-refractivity contribution in [2.24, 2.45) is 0 Å². The largest absolute Gasteiger partial charge is 0.493 e. The summed E-state index contributed by atoms with van der Waals surface area (Å²) >= 11 is 3.91. The van der Waals surface area contributed by atoms with Gasteiger partial charge in [0, 0.05) is 6.92 Å². The van der Waals surface area contributed by atoms with Gasteiger partial charge in [0.05, 0.1) is 11.2 Å². The number of ether oxygens (including phenoxy) is 2. The molecule has 1 aromatic carbocycles. The quantitative estimate of drug-likeness (QED) is 0.628. The summed E-state index contributed by atoms with van der Waals surface area (Å²) in [6, 6.07) is 5.81. The van der Waals surface area contributed by atoms with Gasteiger partial charge in [0.1, 0.15) is 0 Å². The molecule has 1 saturated heterocycles. The van der Waals surface area contributed by atoms with E-state index in [0.29, 0.717) is 11.5 Å². The maximum atomic E-state index is 11.0. The van der Waals surface area contributed by atoms with Crippen LogP contribution in [0, 0.1) is 0 Å². The van der Waals surface area contributed by atoms with Gasteiger partial charge in [0.15, 0.2) is 11.5 Å². The van der Waals surface area contributed by atoms with Crippen molar-refractivity contribution in [3.63, 3.8) is 0 Å². The number of methoxy groups -OCH3 is 1. The number of hydrogen-bond acceptors (Lipinski definition) is 5. The van der Waals surface area contributed by atoms with Crippen molar-refractivity contribution >= 4 is 29.5 Å². The van der Waals surface area contributed by atoms with Crippen LogP contribution < -0.4 is 9.47 Å². The summed E-state index contributed by atoms with van der Waals surface area (Å²) < 4.78 is 10.5. The Bertz CT molecular complexity index is 468. The monoisotopic (exact) mass is 298 g/mol. The molecule has 19 heavy (non-hydrogen) atoms. The van der Waals surface area contributed by atoms with E-state index in [1.165, 1.54) is 30.4 Å². The summed E-state index contributed by atoms with van der Waals surface area (Å²) in [5.74, 6) is 3.11. The molecule has 1 aliphatic heterocycles. The number of thioether (sulfide) groups is 2. The second-order valence-electron chi connectivity index (χ2n) is 4.46. The Balaban J connectivity index is 2.30. The van der Waals surface area contributed by atoms with Gasteiger partial charge in [-0.3, -0.25) is 4.79 Å². The van der Waals surface area contributed by atoms with Crippen LogP contribution in [0.3, 0.4) is 0 Å². The molecule has 0 aliphatic carbocycles. The molecule has 0 atom stereocenters. The van der Waals surface area contributed by atoms with E-state index in [4.69, 9.17) is 9.47 Å². The van der Waals surface area contributed by atoms with Crippen LogP contribution in [0.4, 0.5) is 0 Å². The molecule has 1 heterocycles. The number of carbonyl (C=O) groups is 1. The minimum absolute atomic E-state index is 0.0558. The highest BCUT2D eigenvalue weighted by Crippen LogP contribution is 2.51. The highest BCUT2D eigenvalue weighted by molar-refractivity contribution is 8.18. The second-order valence-corrected chi connectivity index (χ2v) is 7.74. The highest BCUT2D eigenvalue weighted by Gasteiger charge is 2.31. The molecule has 0 aromatic heterocycles. The van der Waals surface area contributed by atoms with Crippen LogP contribution in [0.15, 0.2) is 18.2 Å². The van der Waals surface area contributed by atoms with Crippen LogP contribution >= 0.6 is 23.5 Å². The molecule has 104 valence electrons. The summed E-state index contributed by atoms with van der Waals surface area (Å²) in [7, 11) is 1.59. The molecular formula is C14H18O3S2. The van der Waals surface area contributed by atoms with Crippen LogP contribution in [0.5, 0.6) is 11.5 Å². The zero-order valence-electron chi connectivity index (χ0n) is 11.4. The molecular weight excluding hydrogens is 280 g/mol. The third kappa shape index (κ3) is 3.39.